The second kappa shape index (κ2) is 7.41. The molecule has 0 aliphatic rings. The molecular formula is C16H20INS. The van der Waals surface area contributed by atoms with Crippen molar-refractivity contribution in [3.05, 3.63) is 55.3 Å². The van der Waals surface area contributed by atoms with Crippen molar-refractivity contribution in [3.63, 3.8) is 0 Å². The van der Waals surface area contributed by atoms with E-state index >= 15 is 0 Å². The lowest BCUT2D eigenvalue weighted by Crippen LogP contribution is -2.22. The molecular weight excluding hydrogens is 365 g/mol. The largest absolute Gasteiger partial charge is 0.309 e. The van der Waals surface area contributed by atoms with E-state index in [1.165, 1.54) is 18.9 Å². The maximum atomic E-state index is 3.61. The number of likely N-dealkylation sites (N-methyl/N-ethyl adjacent to an activating group) is 1. The molecule has 0 fully saturated rings. The zero-order valence-electron chi connectivity index (χ0n) is 11.4. The third kappa shape index (κ3) is 4.29. The van der Waals surface area contributed by atoms with Gasteiger partial charge in [0.2, 0.25) is 0 Å². The number of rotatable bonds is 6. The Balaban J connectivity index is 2.13. The summed E-state index contributed by atoms with van der Waals surface area (Å²) in [4.78, 5) is 2.93. The highest BCUT2D eigenvalue weighted by atomic mass is 127. The molecule has 19 heavy (non-hydrogen) atoms. The molecule has 0 saturated carbocycles. The summed E-state index contributed by atoms with van der Waals surface area (Å²) in [5.41, 5.74) is 1.40. The Labute approximate surface area is 133 Å². The fraction of sp³-hybridized carbons (Fsp3) is 0.375. The Morgan fingerprint density at radius 3 is 2.42 bits per heavy atom. The van der Waals surface area contributed by atoms with E-state index < -0.39 is 0 Å². The minimum Gasteiger partial charge on any atom is -0.309 e. The van der Waals surface area contributed by atoms with Gasteiger partial charge in [0.15, 0.2) is 0 Å². The zero-order chi connectivity index (χ0) is 13.7. The molecule has 0 bridgehead atoms. The molecule has 0 aliphatic carbocycles. The van der Waals surface area contributed by atoms with Crippen LogP contribution in [-0.4, -0.2) is 6.54 Å². The van der Waals surface area contributed by atoms with Gasteiger partial charge < -0.3 is 5.32 Å². The molecule has 0 aliphatic heterocycles. The van der Waals surface area contributed by atoms with Crippen LogP contribution in [0.15, 0.2) is 36.4 Å². The molecule has 0 spiro atoms. The third-order valence-corrected chi connectivity index (χ3v) is 5.24. The smallest absolute Gasteiger partial charge is 0.0455 e. The SMILES string of the molecule is CCNC(Cc1ccc(I)cc1)c1ccc(CC)s1. The zero-order valence-corrected chi connectivity index (χ0v) is 14.4. The van der Waals surface area contributed by atoms with Gasteiger partial charge in [-0.2, -0.15) is 0 Å². The van der Waals surface area contributed by atoms with E-state index in [2.05, 4.69) is 78.2 Å². The van der Waals surface area contributed by atoms with Crippen LogP contribution in [0.3, 0.4) is 0 Å². The molecule has 1 atom stereocenters. The van der Waals surface area contributed by atoms with Crippen LogP contribution in [0.25, 0.3) is 0 Å². The van der Waals surface area contributed by atoms with Crippen molar-refractivity contribution in [1.29, 1.82) is 0 Å². The molecule has 1 unspecified atom stereocenters. The average molecular weight is 385 g/mol. The van der Waals surface area contributed by atoms with E-state index in [1.807, 2.05) is 11.3 Å². The van der Waals surface area contributed by atoms with Gasteiger partial charge in [-0.25, -0.2) is 0 Å². The van der Waals surface area contributed by atoms with Gasteiger partial charge in [-0.3, -0.25) is 0 Å². The minimum atomic E-state index is 0.440. The Bertz CT molecular complexity index is 504. The van der Waals surface area contributed by atoms with Crippen molar-refractivity contribution in [1.82, 2.24) is 5.32 Å². The number of hydrogen-bond donors (Lipinski definition) is 1. The first-order valence-corrected chi connectivity index (χ1v) is 8.68. The lowest BCUT2D eigenvalue weighted by atomic mass is 10.0. The molecule has 0 radical (unpaired) electrons. The quantitative estimate of drug-likeness (QED) is 0.704. The molecule has 1 heterocycles. The van der Waals surface area contributed by atoms with E-state index in [-0.39, 0.29) is 0 Å². The summed E-state index contributed by atoms with van der Waals surface area (Å²) >= 11 is 4.29. The van der Waals surface area contributed by atoms with Gasteiger partial charge in [0.05, 0.1) is 0 Å². The monoisotopic (exact) mass is 385 g/mol. The first-order chi connectivity index (χ1) is 9.22. The number of thiophene rings is 1. The van der Waals surface area contributed by atoms with Gasteiger partial charge in [0.1, 0.15) is 0 Å². The average Bonchev–Trinajstić information content (AvgIpc) is 2.89. The fourth-order valence-corrected chi connectivity index (χ4v) is 3.54. The highest BCUT2D eigenvalue weighted by Crippen LogP contribution is 2.26. The van der Waals surface area contributed by atoms with E-state index in [0.29, 0.717) is 6.04 Å². The molecule has 2 rings (SSSR count). The maximum Gasteiger partial charge on any atom is 0.0455 e. The summed E-state index contributed by atoms with van der Waals surface area (Å²) in [7, 11) is 0. The second-order valence-corrected chi connectivity index (χ2v) is 7.04. The van der Waals surface area contributed by atoms with Crippen molar-refractivity contribution in [2.45, 2.75) is 32.7 Å². The van der Waals surface area contributed by atoms with Crippen LogP contribution in [0.2, 0.25) is 0 Å². The van der Waals surface area contributed by atoms with Gasteiger partial charge in [0, 0.05) is 19.4 Å². The highest BCUT2D eigenvalue weighted by molar-refractivity contribution is 14.1. The van der Waals surface area contributed by atoms with Gasteiger partial charge in [-0.1, -0.05) is 26.0 Å². The van der Waals surface area contributed by atoms with Crippen molar-refractivity contribution in [2.24, 2.45) is 0 Å². The van der Waals surface area contributed by atoms with Crippen LogP contribution in [0.1, 0.15) is 35.2 Å². The van der Waals surface area contributed by atoms with Gasteiger partial charge >= 0.3 is 0 Å². The molecule has 102 valence electrons. The summed E-state index contributed by atoms with van der Waals surface area (Å²) in [6, 6.07) is 13.8. The Morgan fingerprint density at radius 1 is 1.11 bits per heavy atom. The van der Waals surface area contributed by atoms with Crippen LogP contribution >= 0.6 is 33.9 Å². The van der Waals surface area contributed by atoms with Crippen molar-refractivity contribution in [2.75, 3.05) is 6.54 Å². The molecule has 2 aromatic rings. The number of benzene rings is 1. The second-order valence-electron chi connectivity index (χ2n) is 4.60. The summed E-state index contributed by atoms with van der Waals surface area (Å²) in [6.07, 6.45) is 2.20. The van der Waals surface area contributed by atoms with E-state index in [9.17, 15) is 0 Å². The summed E-state index contributed by atoms with van der Waals surface area (Å²) in [5, 5.41) is 3.61. The number of nitrogens with one attached hydrogen (secondary N) is 1. The molecule has 1 N–H and O–H groups in total. The van der Waals surface area contributed by atoms with E-state index in [0.717, 1.165) is 19.4 Å². The number of aryl methyl sites for hydroxylation is 1. The summed E-state index contributed by atoms with van der Waals surface area (Å²) in [5.74, 6) is 0. The molecule has 0 amide bonds. The van der Waals surface area contributed by atoms with E-state index in [1.54, 1.807) is 0 Å². The number of hydrogen-bond acceptors (Lipinski definition) is 2. The summed E-state index contributed by atoms with van der Waals surface area (Å²) < 4.78 is 1.30. The fourth-order valence-electron chi connectivity index (χ4n) is 2.15. The van der Waals surface area contributed by atoms with Crippen molar-refractivity contribution >= 4 is 33.9 Å². The van der Waals surface area contributed by atoms with Gasteiger partial charge in [-0.05, 0) is 71.8 Å². The predicted octanol–water partition coefficient (Wildman–Crippen LogP) is 4.81. The first kappa shape index (κ1) is 15.0. The lowest BCUT2D eigenvalue weighted by molar-refractivity contribution is 0.558. The van der Waals surface area contributed by atoms with Crippen LogP contribution in [0.5, 0.6) is 0 Å². The number of halogens is 1. The normalized spacial score (nSPS) is 12.6. The maximum absolute atomic E-state index is 3.61. The lowest BCUT2D eigenvalue weighted by Gasteiger charge is -2.16. The molecule has 1 aromatic carbocycles. The van der Waals surface area contributed by atoms with Crippen LogP contribution < -0.4 is 5.32 Å². The Hall–Kier alpha value is -0.390. The molecule has 0 saturated heterocycles. The first-order valence-electron chi connectivity index (χ1n) is 6.79. The van der Waals surface area contributed by atoms with Crippen molar-refractivity contribution in [3.8, 4) is 0 Å². The van der Waals surface area contributed by atoms with Gasteiger partial charge in [0.25, 0.3) is 0 Å². The van der Waals surface area contributed by atoms with Crippen LogP contribution in [0.4, 0.5) is 0 Å². The van der Waals surface area contributed by atoms with Crippen LogP contribution in [0, 0.1) is 3.57 Å². The van der Waals surface area contributed by atoms with Crippen LogP contribution in [-0.2, 0) is 12.8 Å². The highest BCUT2D eigenvalue weighted by Gasteiger charge is 2.13. The molecule has 1 nitrogen and oxygen atoms in total. The predicted molar refractivity (Wildman–Crippen MR) is 93.0 cm³/mol. The summed E-state index contributed by atoms with van der Waals surface area (Å²) in [6.45, 7) is 5.40. The standard InChI is InChI=1S/C16H20INS/c1-3-14-9-10-16(19-14)15(18-4-2)11-12-5-7-13(17)8-6-12/h5-10,15,18H,3-4,11H2,1-2H3. The topological polar surface area (TPSA) is 12.0 Å². The molecule has 1 aromatic heterocycles. The third-order valence-electron chi connectivity index (χ3n) is 3.18. The van der Waals surface area contributed by atoms with E-state index in [4.69, 9.17) is 0 Å². The van der Waals surface area contributed by atoms with Crippen molar-refractivity contribution < 1.29 is 0 Å². The Kier molecular flexibility index (Phi) is 5.85. The Morgan fingerprint density at radius 2 is 1.84 bits per heavy atom. The molecule has 3 heteroatoms. The van der Waals surface area contributed by atoms with Gasteiger partial charge in [-0.15, -0.1) is 11.3 Å². The minimum absolute atomic E-state index is 0.440.